The molecule has 0 bridgehead atoms. The van der Waals surface area contributed by atoms with E-state index >= 15 is 0 Å². The van der Waals surface area contributed by atoms with E-state index in [1.165, 1.54) is 0 Å². The fourth-order valence-corrected chi connectivity index (χ4v) is 2.43. The number of aliphatic hydroxyl groups excluding tert-OH is 1. The van der Waals surface area contributed by atoms with Gasteiger partial charge in [0.1, 0.15) is 18.1 Å². The van der Waals surface area contributed by atoms with E-state index in [9.17, 15) is 33.9 Å². The van der Waals surface area contributed by atoms with Crippen molar-refractivity contribution in [3.05, 3.63) is 0 Å². The van der Waals surface area contributed by atoms with Crippen LogP contribution in [0.15, 0.2) is 0 Å². The van der Waals surface area contributed by atoms with Gasteiger partial charge in [-0.05, 0) is 12.3 Å². The number of nitrogens with two attached hydrogens (primary N) is 3. The minimum Gasteiger partial charge on any atom is -0.480 e. The molecule has 0 fully saturated rings. The van der Waals surface area contributed by atoms with Crippen molar-refractivity contribution in [2.45, 2.75) is 57.3 Å². The van der Waals surface area contributed by atoms with Crippen molar-refractivity contribution >= 4 is 35.5 Å². The van der Waals surface area contributed by atoms with Crippen LogP contribution in [0.3, 0.4) is 0 Å². The number of carboxylic acids is 1. The van der Waals surface area contributed by atoms with Gasteiger partial charge in [-0.25, -0.2) is 4.79 Å². The molecule has 0 heterocycles. The molecule has 11 N–H and O–H groups in total. The molecule has 0 aliphatic carbocycles. The number of hydrogen-bond donors (Lipinski definition) is 8. The van der Waals surface area contributed by atoms with E-state index in [4.69, 9.17) is 22.3 Å². The molecular weight excluding hydrogens is 416 g/mol. The summed E-state index contributed by atoms with van der Waals surface area (Å²) in [6, 6.07) is -5.70. The fourth-order valence-electron chi connectivity index (χ4n) is 2.43. The number of aliphatic carboxylic acids is 1. The Morgan fingerprint density at radius 3 is 1.65 bits per heavy atom. The number of primary amides is 2. The lowest BCUT2D eigenvalue weighted by Crippen LogP contribution is -2.58. The molecule has 0 rings (SSSR count). The number of amides is 5. The van der Waals surface area contributed by atoms with Gasteiger partial charge in [-0.1, -0.05) is 13.8 Å². The molecule has 0 aromatic heterocycles. The number of hydrogen-bond acceptors (Lipinski definition) is 8. The Labute approximate surface area is 178 Å². The van der Waals surface area contributed by atoms with Gasteiger partial charge >= 0.3 is 5.97 Å². The van der Waals surface area contributed by atoms with E-state index in [-0.39, 0.29) is 12.3 Å². The molecule has 0 aromatic carbocycles. The molecule has 0 aromatic rings. The molecule has 0 spiro atoms. The Kier molecular flexibility index (Phi) is 11.7. The van der Waals surface area contributed by atoms with Crippen molar-refractivity contribution in [3.63, 3.8) is 0 Å². The summed E-state index contributed by atoms with van der Waals surface area (Å²) in [5.74, 6) is -6.18. The molecule has 31 heavy (non-hydrogen) atoms. The van der Waals surface area contributed by atoms with Crippen LogP contribution < -0.4 is 33.2 Å². The average Bonchev–Trinajstić information content (AvgIpc) is 2.63. The normalized spacial score (nSPS) is 14.6. The van der Waals surface area contributed by atoms with Crippen LogP contribution in [0.4, 0.5) is 0 Å². The van der Waals surface area contributed by atoms with Gasteiger partial charge in [0.25, 0.3) is 0 Å². The molecule has 0 saturated heterocycles. The third-order valence-electron chi connectivity index (χ3n) is 3.93. The first-order valence-corrected chi connectivity index (χ1v) is 9.35. The third-order valence-corrected chi connectivity index (χ3v) is 3.93. The minimum atomic E-state index is -1.66. The lowest BCUT2D eigenvalue weighted by atomic mass is 10.0. The highest BCUT2D eigenvalue weighted by molar-refractivity contribution is 5.95. The molecule has 176 valence electrons. The monoisotopic (exact) mass is 446 g/mol. The maximum Gasteiger partial charge on any atom is 0.326 e. The summed E-state index contributed by atoms with van der Waals surface area (Å²) in [4.78, 5) is 69.9. The van der Waals surface area contributed by atoms with Crippen LogP contribution in [-0.2, 0) is 28.8 Å². The van der Waals surface area contributed by atoms with Gasteiger partial charge in [-0.3, -0.25) is 24.0 Å². The summed E-state index contributed by atoms with van der Waals surface area (Å²) in [5, 5.41) is 25.0. The van der Waals surface area contributed by atoms with E-state index < -0.39 is 79.1 Å². The summed E-state index contributed by atoms with van der Waals surface area (Å²) >= 11 is 0. The van der Waals surface area contributed by atoms with Crippen LogP contribution in [0, 0.1) is 5.92 Å². The van der Waals surface area contributed by atoms with Crippen LogP contribution >= 0.6 is 0 Å². The largest absolute Gasteiger partial charge is 0.480 e. The van der Waals surface area contributed by atoms with Gasteiger partial charge in [0, 0.05) is 0 Å². The maximum atomic E-state index is 12.6. The molecule has 4 unspecified atom stereocenters. The molecule has 0 radical (unpaired) electrons. The maximum absolute atomic E-state index is 12.6. The van der Waals surface area contributed by atoms with Crippen molar-refractivity contribution in [1.29, 1.82) is 0 Å². The van der Waals surface area contributed by atoms with Crippen LogP contribution in [0.1, 0.15) is 33.1 Å². The predicted molar refractivity (Wildman–Crippen MR) is 106 cm³/mol. The Balaban J connectivity index is 5.27. The number of aliphatic hydroxyl groups is 1. The Hall–Kier alpha value is -3.26. The molecule has 0 aliphatic heterocycles. The second-order valence-electron chi connectivity index (χ2n) is 7.28. The Bertz CT molecular complexity index is 698. The highest BCUT2D eigenvalue weighted by atomic mass is 16.4. The first-order valence-electron chi connectivity index (χ1n) is 9.35. The quantitative estimate of drug-likeness (QED) is 0.128. The summed E-state index contributed by atoms with van der Waals surface area (Å²) in [5.41, 5.74) is 15.5. The lowest BCUT2D eigenvalue weighted by molar-refractivity contribution is -0.144. The summed E-state index contributed by atoms with van der Waals surface area (Å²) in [6.45, 7) is 2.62. The zero-order valence-corrected chi connectivity index (χ0v) is 17.3. The molecule has 0 saturated carbocycles. The second-order valence-corrected chi connectivity index (χ2v) is 7.28. The van der Waals surface area contributed by atoms with Crippen molar-refractivity contribution in [3.8, 4) is 0 Å². The van der Waals surface area contributed by atoms with Crippen molar-refractivity contribution in [2.75, 3.05) is 6.61 Å². The fraction of sp³-hybridized carbons (Fsp3) is 0.647. The topological polar surface area (TPSA) is 257 Å². The zero-order chi connectivity index (χ0) is 24.3. The van der Waals surface area contributed by atoms with Crippen LogP contribution in [-0.4, -0.2) is 76.5 Å². The zero-order valence-electron chi connectivity index (χ0n) is 17.3. The van der Waals surface area contributed by atoms with E-state index in [1.807, 2.05) is 5.32 Å². The smallest absolute Gasteiger partial charge is 0.326 e. The molecule has 4 atom stereocenters. The van der Waals surface area contributed by atoms with Crippen LogP contribution in [0.5, 0.6) is 0 Å². The highest BCUT2D eigenvalue weighted by Crippen LogP contribution is 2.06. The molecule has 14 heteroatoms. The first kappa shape index (κ1) is 27.7. The number of carboxylic acid groups (broad SMARTS) is 1. The number of rotatable bonds is 14. The van der Waals surface area contributed by atoms with Gasteiger partial charge < -0.3 is 43.4 Å². The van der Waals surface area contributed by atoms with Crippen molar-refractivity contribution in [1.82, 2.24) is 16.0 Å². The van der Waals surface area contributed by atoms with E-state index in [0.29, 0.717) is 0 Å². The number of carbonyl (C=O) groups is 6. The second kappa shape index (κ2) is 13.1. The number of carbonyl (C=O) groups excluding carboxylic acids is 5. The summed E-state index contributed by atoms with van der Waals surface area (Å²) in [6.07, 6.45) is -1.02. The Morgan fingerprint density at radius 1 is 0.774 bits per heavy atom. The Morgan fingerprint density at radius 2 is 1.23 bits per heavy atom. The third kappa shape index (κ3) is 10.9. The lowest BCUT2D eigenvalue weighted by Gasteiger charge is -2.25. The predicted octanol–water partition coefficient (Wildman–Crippen LogP) is -4.36. The SMILES string of the molecule is CC(C)CC(NC(=O)C(N)CC(N)=O)C(=O)NC(CO)C(=O)NC(CC(N)=O)C(=O)O. The van der Waals surface area contributed by atoms with Gasteiger partial charge in [-0.2, -0.15) is 0 Å². The standard InChI is InChI=1S/C17H30N6O8/c1-7(2)3-9(21-14(27)8(18)4-12(19)25)15(28)23-11(6-24)16(29)22-10(17(30)31)5-13(20)26/h7-11,24H,3-6,18H2,1-2H3,(H2,19,25)(H2,20,26)(H,21,27)(H,22,29)(H,23,28)(H,30,31). The molecular formula is C17H30N6O8. The van der Waals surface area contributed by atoms with Crippen molar-refractivity contribution in [2.24, 2.45) is 23.1 Å². The van der Waals surface area contributed by atoms with E-state index in [1.54, 1.807) is 13.8 Å². The van der Waals surface area contributed by atoms with Gasteiger partial charge in [0.2, 0.25) is 29.5 Å². The molecule has 5 amide bonds. The minimum absolute atomic E-state index is 0.0863. The highest BCUT2D eigenvalue weighted by Gasteiger charge is 2.31. The average molecular weight is 446 g/mol. The summed E-state index contributed by atoms with van der Waals surface area (Å²) in [7, 11) is 0. The van der Waals surface area contributed by atoms with Gasteiger partial charge in [0.15, 0.2) is 0 Å². The van der Waals surface area contributed by atoms with E-state index in [2.05, 4.69) is 10.6 Å². The summed E-state index contributed by atoms with van der Waals surface area (Å²) < 4.78 is 0. The molecule has 14 nitrogen and oxygen atoms in total. The van der Waals surface area contributed by atoms with Gasteiger partial charge in [0.05, 0.1) is 25.5 Å². The van der Waals surface area contributed by atoms with Gasteiger partial charge in [-0.15, -0.1) is 0 Å². The number of nitrogens with one attached hydrogen (secondary N) is 3. The van der Waals surface area contributed by atoms with Crippen LogP contribution in [0.2, 0.25) is 0 Å². The first-order chi connectivity index (χ1) is 14.3. The van der Waals surface area contributed by atoms with Crippen molar-refractivity contribution < 1.29 is 39.0 Å². The van der Waals surface area contributed by atoms with Crippen LogP contribution in [0.25, 0.3) is 0 Å². The van der Waals surface area contributed by atoms with E-state index in [0.717, 1.165) is 0 Å². The molecule has 0 aliphatic rings.